The van der Waals surface area contributed by atoms with Crippen LogP contribution < -0.4 is 10.2 Å². The van der Waals surface area contributed by atoms with Gasteiger partial charge in [0, 0.05) is 17.7 Å². The molecule has 34 heavy (non-hydrogen) atoms. The molecule has 0 saturated carbocycles. The highest BCUT2D eigenvalue weighted by molar-refractivity contribution is 6.56. The zero-order valence-corrected chi connectivity index (χ0v) is 18.6. The van der Waals surface area contributed by atoms with Gasteiger partial charge in [0.05, 0.1) is 16.8 Å². The van der Waals surface area contributed by atoms with E-state index in [-0.39, 0.29) is 29.0 Å². The number of fused-ring (bicyclic) bond motifs is 1. The van der Waals surface area contributed by atoms with E-state index in [1.807, 2.05) is 13.8 Å². The maximum atomic E-state index is 13.8. The van der Waals surface area contributed by atoms with Crippen molar-refractivity contribution in [1.29, 1.82) is 0 Å². The summed E-state index contributed by atoms with van der Waals surface area (Å²) in [5.74, 6) is -4.38. The number of carbonyl (C=O) groups excluding carboxylic acids is 4. The molecule has 8 heteroatoms. The van der Waals surface area contributed by atoms with Crippen molar-refractivity contribution in [2.24, 2.45) is 5.41 Å². The number of amides is 2. The van der Waals surface area contributed by atoms with Crippen LogP contribution in [0.4, 0.5) is 5.69 Å². The van der Waals surface area contributed by atoms with Crippen molar-refractivity contribution in [3.05, 3.63) is 77.0 Å². The first-order valence-corrected chi connectivity index (χ1v) is 10.8. The molecule has 5 rings (SSSR count). The largest absolute Gasteiger partial charge is 0.507 e. The average molecular weight is 458 g/mol. The highest BCUT2D eigenvalue weighted by atomic mass is 16.3. The van der Waals surface area contributed by atoms with Crippen LogP contribution in [0.2, 0.25) is 0 Å². The third kappa shape index (κ3) is 2.78. The van der Waals surface area contributed by atoms with E-state index in [1.54, 1.807) is 18.2 Å². The maximum absolute atomic E-state index is 13.8. The normalized spacial score (nSPS) is 25.2. The van der Waals surface area contributed by atoms with E-state index in [0.717, 1.165) is 4.90 Å². The number of nitrogens with zero attached hydrogens (tertiary/aromatic N) is 1. The highest BCUT2D eigenvalue weighted by Gasteiger charge is 2.69. The molecule has 3 N–H and O–H groups in total. The lowest BCUT2D eigenvalue weighted by Crippen LogP contribution is -2.56. The van der Waals surface area contributed by atoms with Crippen molar-refractivity contribution in [3.8, 4) is 5.75 Å². The minimum Gasteiger partial charge on any atom is -0.507 e. The molecule has 0 aromatic heterocycles. The van der Waals surface area contributed by atoms with Gasteiger partial charge in [0.2, 0.25) is 0 Å². The number of hydrogen-bond acceptors (Lipinski definition) is 6. The van der Waals surface area contributed by atoms with E-state index in [1.165, 1.54) is 36.4 Å². The van der Waals surface area contributed by atoms with Crippen molar-refractivity contribution in [1.82, 2.24) is 5.32 Å². The van der Waals surface area contributed by atoms with Gasteiger partial charge < -0.3 is 15.5 Å². The summed E-state index contributed by atoms with van der Waals surface area (Å²) in [5, 5.41) is 24.6. The summed E-state index contributed by atoms with van der Waals surface area (Å²) >= 11 is 0. The molecule has 2 aromatic carbocycles. The van der Waals surface area contributed by atoms with E-state index in [0.29, 0.717) is 12.1 Å². The number of phenols is 1. The second-order valence-electron chi connectivity index (χ2n) is 9.51. The predicted octanol–water partition coefficient (Wildman–Crippen LogP) is 2.79. The molecule has 2 aliphatic heterocycles. The van der Waals surface area contributed by atoms with Gasteiger partial charge in [-0.15, -0.1) is 0 Å². The van der Waals surface area contributed by atoms with Crippen molar-refractivity contribution >= 4 is 34.8 Å². The molecule has 1 saturated heterocycles. The van der Waals surface area contributed by atoms with Crippen LogP contribution in [0.15, 0.2) is 71.4 Å². The topological polar surface area (TPSA) is 124 Å². The lowest BCUT2D eigenvalue weighted by molar-refractivity contribution is -0.132. The van der Waals surface area contributed by atoms with Gasteiger partial charge in [-0.3, -0.25) is 24.1 Å². The number of nitrogens with one attached hydrogen (secondary N) is 1. The smallest absolute Gasteiger partial charge is 0.300 e. The number of aromatic hydroxyl groups is 1. The first-order chi connectivity index (χ1) is 16.1. The Balaban J connectivity index is 1.90. The summed E-state index contributed by atoms with van der Waals surface area (Å²) in [4.78, 5) is 55.0. The van der Waals surface area contributed by atoms with Gasteiger partial charge in [-0.05, 0) is 24.0 Å². The molecule has 1 spiro atoms. The Morgan fingerprint density at radius 3 is 2.26 bits per heavy atom. The molecule has 1 unspecified atom stereocenters. The Morgan fingerprint density at radius 1 is 0.941 bits per heavy atom. The van der Waals surface area contributed by atoms with Crippen molar-refractivity contribution in [2.75, 3.05) is 4.90 Å². The van der Waals surface area contributed by atoms with Crippen LogP contribution in [0.1, 0.15) is 32.3 Å². The molecule has 172 valence electrons. The first kappa shape index (κ1) is 21.6. The number of allylic oxidation sites excluding steroid dienone is 1. The van der Waals surface area contributed by atoms with Crippen LogP contribution in [0.25, 0.3) is 5.76 Å². The molecule has 0 radical (unpaired) electrons. The van der Waals surface area contributed by atoms with Gasteiger partial charge in [-0.25, -0.2) is 0 Å². The molecular formula is C26H22N2O6. The minimum absolute atomic E-state index is 0.0447. The molecule has 1 aliphatic carbocycles. The summed E-state index contributed by atoms with van der Waals surface area (Å²) in [7, 11) is 0. The number of carbonyl (C=O) groups is 4. The molecule has 8 nitrogen and oxygen atoms in total. The lowest BCUT2D eigenvalue weighted by Gasteiger charge is -2.37. The molecular weight excluding hydrogens is 436 g/mol. The first-order valence-electron chi connectivity index (χ1n) is 10.8. The Morgan fingerprint density at radius 2 is 1.59 bits per heavy atom. The second kappa shape index (κ2) is 7.15. The molecule has 1 atom stereocenters. The summed E-state index contributed by atoms with van der Waals surface area (Å²) < 4.78 is 0. The van der Waals surface area contributed by atoms with Gasteiger partial charge in [0.1, 0.15) is 11.5 Å². The van der Waals surface area contributed by atoms with Crippen LogP contribution in [-0.2, 0) is 19.2 Å². The number of Topliss-reactive ketones (excluding diaryl/α,β-unsaturated/α-hetero) is 2. The third-order valence-electron chi connectivity index (χ3n) is 6.56. The monoisotopic (exact) mass is 458 g/mol. The summed E-state index contributed by atoms with van der Waals surface area (Å²) in [5.41, 5.74) is -2.82. The molecule has 2 heterocycles. The van der Waals surface area contributed by atoms with Crippen LogP contribution in [0, 0.1) is 5.41 Å². The second-order valence-corrected chi connectivity index (χ2v) is 9.51. The Labute approximate surface area is 195 Å². The van der Waals surface area contributed by atoms with Gasteiger partial charge >= 0.3 is 5.91 Å². The minimum atomic E-state index is -2.24. The number of aliphatic hydroxyl groups is 1. The number of ketones is 2. The number of rotatable bonds is 2. The van der Waals surface area contributed by atoms with Gasteiger partial charge in [-0.1, -0.05) is 56.3 Å². The molecule has 3 aliphatic rings. The van der Waals surface area contributed by atoms with Gasteiger partial charge in [0.15, 0.2) is 11.3 Å². The van der Waals surface area contributed by atoms with Crippen LogP contribution in [0.5, 0.6) is 5.75 Å². The maximum Gasteiger partial charge on any atom is 0.300 e. The van der Waals surface area contributed by atoms with E-state index >= 15 is 0 Å². The number of anilines is 1. The zero-order chi connectivity index (χ0) is 24.4. The van der Waals surface area contributed by atoms with E-state index in [4.69, 9.17) is 0 Å². The van der Waals surface area contributed by atoms with E-state index in [2.05, 4.69) is 5.32 Å². The third-order valence-corrected chi connectivity index (χ3v) is 6.56. The van der Waals surface area contributed by atoms with Crippen molar-refractivity contribution < 1.29 is 29.4 Å². The quantitative estimate of drug-likeness (QED) is 0.361. The van der Waals surface area contributed by atoms with Crippen LogP contribution in [-0.4, -0.2) is 39.1 Å². The average Bonchev–Trinajstić information content (AvgIpc) is 3.18. The molecule has 0 bridgehead atoms. The van der Waals surface area contributed by atoms with Crippen molar-refractivity contribution in [2.45, 2.75) is 32.2 Å². The molecule has 2 aromatic rings. The predicted molar refractivity (Wildman–Crippen MR) is 123 cm³/mol. The van der Waals surface area contributed by atoms with E-state index < -0.39 is 45.7 Å². The molecule has 2 amide bonds. The number of hydrogen-bond donors (Lipinski definition) is 3. The number of benzene rings is 2. The summed E-state index contributed by atoms with van der Waals surface area (Å²) in [6, 6.07) is 13.8. The fourth-order valence-corrected chi connectivity index (χ4v) is 5.24. The zero-order valence-electron chi connectivity index (χ0n) is 18.6. The summed E-state index contributed by atoms with van der Waals surface area (Å²) in [6.45, 7) is 3.77. The van der Waals surface area contributed by atoms with Crippen LogP contribution in [0.3, 0.4) is 0 Å². The Bertz CT molecular complexity index is 1350. The van der Waals surface area contributed by atoms with E-state index in [9.17, 15) is 29.4 Å². The summed E-state index contributed by atoms with van der Waals surface area (Å²) in [6.07, 6.45) is 0.414. The lowest BCUT2D eigenvalue weighted by atomic mass is 9.70. The number of aliphatic hydroxyl groups excluding tert-OH is 1. The van der Waals surface area contributed by atoms with Gasteiger partial charge in [-0.2, -0.15) is 0 Å². The fourth-order valence-electron chi connectivity index (χ4n) is 5.24. The van der Waals surface area contributed by atoms with Crippen molar-refractivity contribution in [3.63, 3.8) is 0 Å². The Hall–Kier alpha value is -4.20. The standard InChI is InChI=1S/C26H22N2O6/c1-25(2)12-15-19(18(30)13-25)26(24(34)27-15)20(21(31)14-8-4-3-5-9-14)22(32)23(33)28(26)16-10-6-7-11-17(16)29/h3-11,29,31H,12-13H2,1-2H3,(H,27,34)/b21-20-. The SMILES string of the molecule is CC1(C)CC(=O)C2=C(C1)NC(=O)C21/C(=C(\O)c2ccccc2)C(=O)C(=O)N1c1ccccc1O. The number of phenolic OH excluding ortho intramolecular Hbond substituents is 1. The van der Waals surface area contributed by atoms with Gasteiger partial charge in [0.25, 0.3) is 11.7 Å². The Kier molecular flexibility index (Phi) is 4.55. The highest BCUT2D eigenvalue weighted by Crippen LogP contribution is 2.53. The molecule has 1 fully saturated rings. The fraction of sp³-hybridized carbons (Fsp3) is 0.231. The van der Waals surface area contributed by atoms with Crippen LogP contribution >= 0.6 is 0 Å². The number of para-hydroxylation sites is 2.